The molecule has 0 heterocycles. The van der Waals surface area contributed by atoms with Gasteiger partial charge >= 0.3 is 0 Å². The van der Waals surface area contributed by atoms with Gasteiger partial charge in [0.05, 0.1) is 15.8 Å². The van der Waals surface area contributed by atoms with E-state index in [0.717, 1.165) is 6.54 Å². The number of rotatable bonds is 4. The van der Waals surface area contributed by atoms with Crippen LogP contribution in [0.4, 0.5) is 15.8 Å². The average Bonchev–Trinajstić information content (AvgIpc) is 2.82. The number of nitrogen functional groups attached to an aromatic ring is 1. The van der Waals surface area contributed by atoms with Crippen LogP contribution in [0.1, 0.15) is 39.0 Å². The maximum atomic E-state index is 13.5. The fourth-order valence-electron chi connectivity index (χ4n) is 2.78. The molecule has 0 amide bonds. The molecule has 0 radical (unpaired) electrons. The first kappa shape index (κ1) is 13.7. The monoisotopic (exact) mass is 314 g/mol. The van der Waals surface area contributed by atoms with E-state index >= 15 is 0 Å². The molecule has 2 nitrogen and oxygen atoms in total. The first-order valence-corrected chi connectivity index (χ1v) is 7.34. The van der Waals surface area contributed by atoms with Crippen LogP contribution in [0.2, 0.25) is 0 Å². The molecule has 1 aliphatic carbocycles. The molecule has 1 saturated carbocycles. The summed E-state index contributed by atoms with van der Waals surface area (Å²) in [4.78, 5) is 0. The van der Waals surface area contributed by atoms with Gasteiger partial charge in [-0.1, -0.05) is 19.8 Å². The standard InChI is InChI=1S/C14H20BrFN2/c1-2-14(5-3-4-6-14)9-18-13-8-11(16)10(15)7-12(13)17/h7-8,18H,2-6,9,17H2,1H3. The lowest BCUT2D eigenvalue weighted by Crippen LogP contribution is -2.26. The maximum Gasteiger partial charge on any atom is 0.139 e. The zero-order valence-corrected chi connectivity index (χ0v) is 12.3. The highest BCUT2D eigenvalue weighted by molar-refractivity contribution is 9.10. The third-order valence-electron chi connectivity index (χ3n) is 4.16. The molecular weight excluding hydrogens is 295 g/mol. The molecule has 0 atom stereocenters. The van der Waals surface area contributed by atoms with Crippen molar-refractivity contribution in [1.29, 1.82) is 0 Å². The Balaban J connectivity index is 2.08. The molecule has 0 bridgehead atoms. The summed E-state index contributed by atoms with van der Waals surface area (Å²) in [6.07, 6.45) is 6.29. The van der Waals surface area contributed by atoms with Crippen LogP contribution >= 0.6 is 15.9 Å². The maximum absolute atomic E-state index is 13.5. The molecule has 1 aliphatic rings. The van der Waals surface area contributed by atoms with Crippen LogP contribution in [0.25, 0.3) is 0 Å². The lowest BCUT2D eigenvalue weighted by atomic mass is 9.83. The van der Waals surface area contributed by atoms with Gasteiger partial charge < -0.3 is 11.1 Å². The average molecular weight is 315 g/mol. The summed E-state index contributed by atoms with van der Waals surface area (Å²) >= 11 is 3.14. The van der Waals surface area contributed by atoms with Gasteiger partial charge in [-0.25, -0.2) is 4.39 Å². The van der Waals surface area contributed by atoms with Gasteiger partial charge in [0.25, 0.3) is 0 Å². The number of halogens is 2. The fourth-order valence-corrected chi connectivity index (χ4v) is 3.14. The largest absolute Gasteiger partial charge is 0.397 e. The highest BCUT2D eigenvalue weighted by atomic mass is 79.9. The van der Waals surface area contributed by atoms with Crippen LogP contribution in [0.15, 0.2) is 16.6 Å². The molecule has 0 spiro atoms. The molecular formula is C14H20BrFN2. The van der Waals surface area contributed by atoms with Crippen LogP contribution in [-0.2, 0) is 0 Å². The fraction of sp³-hybridized carbons (Fsp3) is 0.571. The van der Waals surface area contributed by atoms with Crippen molar-refractivity contribution in [2.75, 3.05) is 17.6 Å². The van der Waals surface area contributed by atoms with Gasteiger partial charge in [0.2, 0.25) is 0 Å². The summed E-state index contributed by atoms with van der Waals surface area (Å²) in [7, 11) is 0. The van der Waals surface area contributed by atoms with E-state index < -0.39 is 0 Å². The summed E-state index contributed by atoms with van der Waals surface area (Å²) in [6.45, 7) is 3.12. The molecule has 0 aliphatic heterocycles. The normalized spacial score (nSPS) is 17.9. The van der Waals surface area contributed by atoms with E-state index in [9.17, 15) is 4.39 Å². The predicted octanol–water partition coefficient (Wildman–Crippen LogP) is 4.55. The molecule has 1 fully saturated rings. The minimum Gasteiger partial charge on any atom is -0.397 e. The molecule has 0 saturated heterocycles. The lowest BCUT2D eigenvalue weighted by molar-refractivity contribution is 0.307. The van der Waals surface area contributed by atoms with Crippen molar-refractivity contribution in [2.24, 2.45) is 5.41 Å². The number of nitrogens with two attached hydrogens (primary N) is 1. The summed E-state index contributed by atoms with van der Waals surface area (Å²) in [5.41, 5.74) is 7.57. The zero-order chi connectivity index (χ0) is 13.2. The molecule has 1 aromatic rings. The van der Waals surface area contributed by atoms with E-state index in [0.29, 0.717) is 21.3 Å². The van der Waals surface area contributed by atoms with Crippen molar-refractivity contribution in [1.82, 2.24) is 0 Å². The molecule has 0 aromatic heterocycles. The Morgan fingerprint density at radius 3 is 2.67 bits per heavy atom. The summed E-state index contributed by atoms with van der Waals surface area (Å²) < 4.78 is 13.9. The van der Waals surface area contributed by atoms with Gasteiger partial charge in [0.1, 0.15) is 5.82 Å². The van der Waals surface area contributed by atoms with Crippen LogP contribution < -0.4 is 11.1 Å². The summed E-state index contributed by atoms with van der Waals surface area (Å²) in [5.74, 6) is -0.274. The SMILES string of the molecule is CCC1(CNc2cc(F)c(Br)cc2N)CCCC1. The Bertz CT molecular complexity index is 428. The highest BCUT2D eigenvalue weighted by Gasteiger charge is 2.31. The van der Waals surface area contributed by atoms with Crippen molar-refractivity contribution in [3.05, 3.63) is 22.4 Å². The van der Waals surface area contributed by atoms with Crippen LogP contribution in [0.5, 0.6) is 0 Å². The van der Waals surface area contributed by atoms with Crippen molar-refractivity contribution in [2.45, 2.75) is 39.0 Å². The van der Waals surface area contributed by atoms with Gasteiger partial charge in [-0.15, -0.1) is 0 Å². The van der Waals surface area contributed by atoms with Crippen molar-refractivity contribution >= 4 is 27.3 Å². The number of benzene rings is 1. The van der Waals surface area contributed by atoms with Crippen molar-refractivity contribution < 1.29 is 4.39 Å². The minimum atomic E-state index is -0.274. The van der Waals surface area contributed by atoms with E-state index in [1.165, 1.54) is 38.2 Å². The summed E-state index contributed by atoms with van der Waals surface area (Å²) in [5, 5.41) is 3.33. The Morgan fingerprint density at radius 1 is 1.39 bits per heavy atom. The van der Waals surface area contributed by atoms with Gasteiger partial charge in [-0.3, -0.25) is 0 Å². The van der Waals surface area contributed by atoms with Gasteiger partial charge in [-0.05, 0) is 46.7 Å². The second-order valence-corrected chi connectivity index (χ2v) is 6.12. The number of anilines is 2. The minimum absolute atomic E-state index is 0.274. The molecule has 4 heteroatoms. The topological polar surface area (TPSA) is 38.0 Å². The Morgan fingerprint density at radius 2 is 2.06 bits per heavy atom. The molecule has 18 heavy (non-hydrogen) atoms. The second-order valence-electron chi connectivity index (χ2n) is 5.27. The van der Waals surface area contributed by atoms with E-state index in [2.05, 4.69) is 28.2 Å². The van der Waals surface area contributed by atoms with E-state index in [1.54, 1.807) is 6.07 Å². The Hall–Kier alpha value is -0.770. The van der Waals surface area contributed by atoms with Crippen molar-refractivity contribution in [3.8, 4) is 0 Å². The zero-order valence-electron chi connectivity index (χ0n) is 10.7. The van der Waals surface area contributed by atoms with Crippen LogP contribution in [-0.4, -0.2) is 6.54 Å². The highest BCUT2D eigenvalue weighted by Crippen LogP contribution is 2.41. The number of nitrogens with one attached hydrogen (secondary N) is 1. The molecule has 0 unspecified atom stereocenters. The third-order valence-corrected chi connectivity index (χ3v) is 4.77. The number of hydrogen-bond acceptors (Lipinski definition) is 2. The summed E-state index contributed by atoms with van der Waals surface area (Å²) in [6, 6.07) is 3.09. The second kappa shape index (κ2) is 5.47. The van der Waals surface area contributed by atoms with Gasteiger partial charge in [-0.2, -0.15) is 0 Å². The quantitative estimate of drug-likeness (QED) is 0.800. The lowest BCUT2D eigenvalue weighted by Gasteiger charge is -2.28. The van der Waals surface area contributed by atoms with Crippen LogP contribution in [0.3, 0.4) is 0 Å². The molecule has 2 rings (SSSR count). The first-order chi connectivity index (χ1) is 8.56. The third kappa shape index (κ3) is 2.79. The van der Waals surface area contributed by atoms with Gasteiger partial charge in [0.15, 0.2) is 0 Å². The van der Waals surface area contributed by atoms with E-state index in [-0.39, 0.29) is 5.82 Å². The van der Waals surface area contributed by atoms with E-state index in [4.69, 9.17) is 5.73 Å². The number of hydrogen-bond donors (Lipinski definition) is 2. The smallest absolute Gasteiger partial charge is 0.139 e. The van der Waals surface area contributed by atoms with E-state index in [1.807, 2.05) is 0 Å². The van der Waals surface area contributed by atoms with Gasteiger partial charge in [0, 0.05) is 12.6 Å². The molecule has 3 N–H and O–H groups in total. The first-order valence-electron chi connectivity index (χ1n) is 6.55. The molecule has 100 valence electrons. The van der Waals surface area contributed by atoms with Crippen LogP contribution in [0, 0.1) is 11.2 Å². The predicted molar refractivity (Wildman–Crippen MR) is 78.2 cm³/mol. The Kier molecular flexibility index (Phi) is 4.15. The van der Waals surface area contributed by atoms with Crippen molar-refractivity contribution in [3.63, 3.8) is 0 Å². The Labute approximate surface area is 116 Å². The molecule has 1 aromatic carbocycles.